The van der Waals surface area contributed by atoms with Crippen LogP contribution in [-0.4, -0.2) is 26.2 Å². The molecule has 0 radical (unpaired) electrons. The van der Waals surface area contributed by atoms with Crippen LogP contribution in [0.15, 0.2) is 53.8 Å². The first-order chi connectivity index (χ1) is 10.7. The first-order valence-electron chi connectivity index (χ1n) is 6.54. The molecule has 2 aromatic heterocycles. The van der Waals surface area contributed by atoms with Crippen molar-refractivity contribution in [3.63, 3.8) is 0 Å². The van der Waals surface area contributed by atoms with Gasteiger partial charge in [-0.3, -0.25) is 9.25 Å². The van der Waals surface area contributed by atoms with Crippen LogP contribution in [0.4, 0.5) is 4.39 Å². The Labute approximate surface area is 125 Å². The van der Waals surface area contributed by atoms with Gasteiger partial charge in [-0.1, -0.05) is 0 Å². The lowest BCUT2D eigenvalue weighted by molar-refractivity contribution is 0.192. The van der Waals surface area contributed by atoms with Crippen molar-refractivity contribution in [1.82, 2.24) is 19.3 Å². The number of benzene rings is 1. The Bertz CT molecular complexity index is 839. The van der Waals surface area contributed by atoms with Crippen molar-refractivity contribution in [2.24, 2.45) is 7.05 Å². The summed E-state index contributed by atoms with van der Waals surface area (Å²) in [6.45, 7) is -0.892. The predicted molar refractivity (Wildman–Crippen MR) is 78.6 cm³/mol. The lowest BCUT2D eigenvalue weighted by Crippen LogP contribution is -2.20. The molecule has 22 heavy (non-hydrogen) atoms. The molecule has 3 rings (SSSR count). The molecule has 0 aliphatic carbocycles. The predicted octanol–water partition coefficient (Wildman–Crippen LogP) is 1.94. The SMILES string of the molecule is Cn1cc(-c2cnc(=O)n(-c3ccc(OCF)cc3)c2)cn1. The first kappa shape index (κ1) is 14.0. The molecule has 0 amide bonds. The van der Waals surface area contributed by atoms with E-state index in [0.29, 0.717) is 11.4 Å². The van der Waals surface area contributed by atoms with Crippen LogP contribution in [0, 0.1) is 0 Å². The summed E-state index contributed by atoms with van der Waals surface area (Å²) in [5.74, 6) is 0.399. The summed E-state index contributed by atoms with van der Waals surface area (Å²) in [6, 6.07) is 6.53. The summed E-state index contributed by atoms with van der Waals surface area (Å²) in [7, 11) is 1.82. The zero-order chi connectivity index (χ0) is 15.5. The Morgan fingerprint density at radius 1 is 1.14 bits per heavy atom. The maximum Gasteiger partial charge on any atom is 0.352 e. The highest BCUT2D eigenvalue weighted by molar-refractivity contribution is 5.60. The highest BCUT2D eigenvalue weighted by atomic mass is 19.1. The van der Waals surface area contributed by atoms with Gasteiger partial charge in [-0.05, 0) is 24.3 Å². The van der Waals surface area contributed by atoms with Crippen LogP contribution in [-0.2, 0) is 7.05 Å². The Balaban J connectivity index is 2.01. The number of aryl methyl sites for hydroxylation is 1. The molecule has 0 bridgehead atoms. The van der Waals surface area contributed by atoms with E-state index in [1.807, 2.05) is 13.2 Å². The fraction of sp³-hybridized carbons (Fsp3) is 0.133. The van der Waals surface area contributed by atoms with E-state index >= 15 is 0 Å². The molecule has 0 spiro atoms. The molecule has 3 aromatic rings. The zero-order valence-electron chi connectivity index (χ0n) is 11.8. The quantitative estimate of drug-likeness (QED) is 0.738. The van der Waals surface area contributed by atoms with Crippen molar-refractivity contribution < 1.29 is 9.13 Å². The highest BCUT2D eigenvalue weighted by Gasteiger charge is 2.06. The van der Waals surface area contributed by atoms with Gasteiger partial charge in [0.15, 0.2) is 0 Å². The van der Waals surface area contributed by atoms with Gasteiger partial charge in [-0.2, -0.15) is 5.10 Å². The summed E-state index contributed by atoms with van der Waals surface area (Å²) in [6.07, 6.45) is 6.74. The third-order valence-electron chi connectivity index (χ3n) is 3.16. The van der Waals surface area contributed by atoms with Crippen molar-refractivity contribution in [3.05, 3.63) is 59.5 Å². The van der Waals surface area contributed by atoms with Crippen LogP contribution in [0.3, 0.4) is 0 Å². The molecule has 0 N–H and O–H groups in total. The molecule has 0 saturated heterocycles. The molecule has 112 valence electrons. The maximum absolute atomic E-state index is 12.1. The van der Waals surface area contributed by atoms with Gasteiger partial charge in [0.25, 0.3) is 0 Å². The monoisotopic (exact) mass is 300 g/mol. The van der Waals surface area contributed by atoms with Gasteiger partial charge >= 0.3 is 5.69 Å². The molecule has 2 heterocycles. The average Bonchev–Trinajstić information content (AvgIpc) is 2.96. The van der Waals surface area contributed by atoms with Gasteiger partial charge < -0.3 is 4.74 Å². The summed E-state index contributed by atoms with van der Waals surface area (Å²) in [5.41, 5.74) is 1.86. The minimum atomic E-state index is -0.892. The molecular weight excluding hydrogens is 287 g/mol. The van der Waals surface area contributed by atoms with E-state index in [1.165, 1.54) is 10.8 Å². The molecule has 0 aliphatic rings. The van der Waals surface area contributed by atoms with Gasteiger partial charge in [0.05, 0.1) is 11.9 Å². The molecule has 1 aromatic carbocycles. The van der Waals surface area contributed by atoms with Gasteiger partial charge in [-0.15, -0.1) is 0 Å². The Kier molecular flexibility index (Phi) is 3.69. The van der Waals surface area contributed by atoms with E-state index in [2.05, 4.69) is 10.1 Å². The number of aromatic nitrogens is 4. The fourth-order valence-electron chi connectivity index (χ4n) is 2.08. The largest absolute Gasteiger partial charge is 0.463 e. The van der Waals surface area contributed by atoms with Gasteiger partial charge in [-0.25, -0.2) is 14.2 Å². The number of ether oxygens (including phenoxy) is 1. The third kappa shape index (κ3) is 2.73. The van der Waals surface area contributed by atoms with Crippen molar-refractivity contribution >= 4 is 0 Å². The van der Waals surface area contributed by atoms with E-state index in [4.69, 9.17) is 4.74 Å². The smallest absolute Gasteiger partial charge is 0.352 e. The number of alkyl halides is 1. The second-order valence-electron chi connectivity index (χ2n) is 4.65. The minimum absolute atomic E-state index is 0.396. The summed E-state index contributed by atoms with van der Waals surface area (Å²) < 4.78 is 19.9. The van der Waals surface area contributed by atoms with Crippen LogP contribution in [0.5, 0.6) is 5.75 Å². The third-order valence-corrected chi connectivity index (χ3v) is 3.16. The number of halogens is 1. The number of rotatable bonds is 4. The van der Waals surface area contributed by atoms with Crippen LogP contribution in [0.1, 0.15) is 0 Å². The molecule has 0 unspecified atom stereocenters. The Morgan fingerprint density at radius 3 is 2.50 bits per heavy atom. The lowest BCUT2D eigenvalue weighted by atomic mass is 10.2. The van der Waals surface area contributed by atoms with Gasteiger partial charge in [0.1, 0.15) is 5.75 Å². The topological polar surface area (TPSA) is 61.9 Å². The molecule has 0 saturated carbocycles. The lowest BCUT2D eigenvalue weighted by Gasteiger charge is -2.08. The molecule has 7 heteroatoms. The second kappa shape index (κ2) is 5.80. The number of hydrogen-bond acceptors (Lipinski definition) is 4. The summed E-state index contributed by atoms with van der Waals surface area (Å²) in [5, 5.41) is 4.10. The highest BCUT2D eigenvalue weighted by Crippen LogP contribution is 2.18. The molecule has 0 atom stereocenters. The summed E-state index contributed by atoms with van der Waals surface area (Å²) >= 11 is 0. The molecule has 6 nitrogen and oxygen atoms in total. The van der Waals surface area contributed by atoms with E-state index in [9.17, 15) is 9.18 Å². The molecule has 0 aliphatic heterocycles. The van der Waals surface area contributed by atoms with E-state index in [1.54, 1.807) is 41.3 Å². The minimum Gasteiger partial charge on any atom is -0.463 e. The number of nitrogens with zero attached hydrogens (tertiary/aromatic N) is 4. The van der Waals surface area contributed by atoms with E-state index < -0.39 is 12.6 Å². The van der Waals surface area contributed by atoms with Crippen LogP contribution < -0.4 is 10.4 Å². The van der Waals surface area contributed by atoms with Crippen molar-refractivity contribution in [2.45, 2.75) is 0 Å². The van der Waals surface area contributed by atoms with Crippen LogP contribution >= 0.6 is 0 Å². The van der Waals surface area contributed by atoms with Gasteiger partial charge in [0, 0.05) is 36.8 Å². The Hall–Kier alpha value is -2.96. The second-order valence-corrected chi connectivity index (χ2v) is 4.65. The maximum atomic E-state index is 12.1. The average molecular weight is 300 g/mol. The van der Waals surface area contributed by atoms with Crippen molar-refractivity contribution in [2.75, 3.05) is 6.86 Å². The molecule has 0 fully saturated rings. The van der Waals surface area contributed by atoms with Crippen LogP contribution in [0.25, 0.3) is 16.8 Å². The first-order valence-corrected chi connectivity index (χ1v) is 6.54. The standard InChI is InChI=1S/C15H13FN4O2/c1-19-8-12(7-18-19)11-6-17-15(21)20(9-11)13-2-4-14(5-3-13)22-10-16/h2-9H,10H2,1H3. The normalized spacial score (nSPS) is 10.6. The van der Waals surface area contributed by atoms with E-state index in [0.717, 1.165) is 11.1 Å². The van der Waals surface area contributed by atoms with Gasteiger partial charge in [0.2, 0.25) is 6.86 Å². The van der Waals surface area contributed by atoms with Crippen molar-refractivity contribution in [1.29, 1.82) is 0 Å². The van der Waals surface area contributed by atoms with E-state index in [-0.39, 0.29) is 0 Å². The number of hydrogen-bond donors (Lipinski definition) is 0. The Morgan fingerprint density at radius 2 is 1.86 bits per heavy atom. The zero-order valence-corrected chi connectivity index (χ0v) is 11.8. The fourth-order valence-corrected chi connectivity index (χ4v) is 2.08. The van der Waals surface area contributed by atoms with Crippen molar-refractivity contribution in [3.8, 4) is 22.6 Å². The molecular formula is C15H13FN4O2. The van der Waals surface area contributed by atoms with Crippen LogP contribution in [0.2, 0.25) is 0 Å². The summed E-state index contributed by atoms with van der Waals surface area (Å²) in [4.78, 5) is 15.8.